The molecule has 2 heterocycles. The van der Waals surface area contributed by atoms with Crippen LogP contribution in [0.25, 0.3) is 0 Å². The normalized spacial score (nSPS) is 20.5. The molecule has 3 N–H and O–H groups in total. The van der Waals surface area contributed by atoms with Crippen LogP contribution in [0.1, 0.15) is 46.6 Å². The SMILES string of the molecule is COC(=O)[C@H](Cc1ccccc1)NC(=O)Nc1ccc([C@H]2O[C@@H](CN3CCN(Cc4ccccc4)CC3)C[C@@H](c3ccc(CO)cc3)O2)cc1. The number of ether oxygens (including phenoxy) is 3. The van der Waals surface area contributed by atoms with Crippen molar-refractivity contribution < 1.29 is 28.9 Å². The minimum Gasteiger partial charge on any atom is -0.467 e. The molecular weight excluding hydrogens is 632 g/mol. The summed E-state index contributed by atoms with van der Waals surface area (Å²) in [5.74, 6) is -0.518. The van der Waals surface area contributed by atoms with E-state index in [4.69, 9.17) is 14.2 Å². The number of carbonyl (C=O) groups excluding carboxylic acids is 2. The van der Waals surface area contributed by atoms with Gasteiger partial charge in [0, 0.05) is 63.4 Å². The number of nitrogens with zero attached hydrogens (tertiary/aromatic N) is 2. The van der Waals surface area contributed by atoms with Crippen LogP contribution >= 0.6 is 0 Å². The van der Waals surface area contributed by atoms with Crippen molar-refractivity contribution in [3.8, 4) is 0 Å². The molecule has 0 unspecified atom stereocenters. The maximum Gasteiger partial charge on any atom is 0.328 e. The summed E-state index contributed by atoms with van der Waals surface area (Å²) < 4.78 is 18.1. The van der Waals surface area contributed by atoms with Gasteiger partial charge in [-0.05, 0) is 34.4 Å². The van der Waals surface area contributed by atoms with Gasteiger partial charge in [0.05, 0.1) is 25.9 Å². The van der Waals surface area contributed by atoms with Gasteiger partial charge in [0.1, 0.15) is 6.04 Å². The first kappa shape index (κ1) is 35.3. The number of aliphatic hydroxyl groups excluding tert-OH is 1. The molecule has 0 radical (unpaired) electrons. The molecule has 0 saturated carbocycles. The summed E-state index contributed by atoms with van der Waals surface area (Å²) in [4.78, 5) is 30.3. The Bertz CT molecular complexity index is 1650. The lowest BCUT2D eigenvalue weighted by Crippen LogP contribution is -2.49. The third-order valence-electron chi connectivity index (χ3n) is 9.31. The van der Waals surface area contributed by atoms with Crippen LogP contribution in [0, 0.1) is 0 Å². The Balaban J connectivity index is 1.09. The van der Waals surface area contributed by atoms with Crippen LogP contribution in [0.15, 0.2) is 109 Å². The van der Waals surface area contributed by atoms with Crippen LogP contribution in [0.2, 0.25) is 0 Å². The molecule has 0 aromatic heterocycles. The summed E-state index contributed by atoms with van der Waals surface area (Å²) in [6, 6.07) is 34.0. The zero-order chi connectivity index (χ0) is 34.7. The maximum absolute atomic E-state index is 12.9. The fourth-order valence-electron chi connectivity index (χ4n) is 6.53. The molecule has 2 amide bonds. The second-order valence-electron chi connectivity index (χ2n) is 12.9. The Labute approximate surface area is 294 Å². The number of rotatable bonds is 12. The van der Waals surface area contributed by atoms with Crippen LogP contribution in [0.5, 0.6) is 0 Å². The summed E-state index contributed by atoms with van der Waals surface area (Å²) in [6.45, 7) is 5.70. The molecule has 2 fully saturated rings. The standard InChI is InChI=1S/C40H46N4O6/c1-48-38(46)36(24-29-8-4-2-5-9-29)42-40(47)41-34-18-16-33(17-19-34)39-49-35(25-37(50-39)32-14-12-31(28-45)13-15-32)27-44-22-20-43(21-23-44)26-30-10-6-3-7-11-30/h2-19,35-37,39,45H,20-28H2,1H3,(H2,41,42,47)/t35-,36+,37+,39+/m1/s1. The first-order valence-corrected chi connectivity index (χ1v) is 17.2. The molecule has 6 rings (SSSR count). The van der Waals surface area contributed by atoms with Crippen molar-refractivity contribution in [2.24, 2.45) is 0 Å². The Morgan fingerprint density at radius 3 is 2.04 bits per heavy atom. The Morgan fingerprint density at radius 2 is 1.40 bits per heavy atom. The summed E-state index contributed by atoms with van der Waals surface area (Å²) in [5.41, 5.74) is 5.53. The number of piperazine rings is 1. The van der Waals surface area contributed by atoms with Crippen LogP contribution < -0.4 is 10.6 Å². The monoisotopic (exact) mass is 678 g/mol. The first-order chi connectivity index (χ1) is 24.4. The smallest absolute Gasteiger partial charge is 0.328 e. The molecule has 0 aliphatic carbocycles. The number of esters is 1. The van der Waals surface area contributed by atoms with Gasteiger partial charge < -0.3 is 30.0 Å². The molecule has 4 aromatic carbocycles. The quantitative estimate of drug-likeness (QED) is 0.170. The van der Waals surface area contributed by atoms with Gasteiger partial charge in [-0.2, -0.15) is 0 Å². The van der Waals surface area contributed by atoms with Gasteiger partial charge in [-0.25, -0.2) is 9.59 Å². The number of carbonyl (C=O) groups is 2. The molecule has 0 bridgehead atoms. The van der Waals surface area contributed by atoms with E-state index >= 15 is 0 Å². The molecule has 2 aliphatic heterocycles. The summed E-state index contributed by atoms with van der Waals surface area (Å²) in [7, 11) is 1.31. The fourth-order valence-corrected chi connectivity index (χ4v) is 6.53. The highest BCUT2D eigenvalue weighted by Gasteiger charge is 2.34. The molecule has 10 heteroatoms. The third-order valence-corrected chi connectivity index (χ3v) is 9.31. The number of methoxy groups -OCH3 is 1. The average Bonchev–Trinajstić information content (AvgIpc) is 3.16. The van der Waals surface area contributed by atoms with Crippen LogP contribution in [0.3, 0.4) is 0 Å². The van der Waals surface area contributed by atoms with E-state index in [0.717, 1.165) is 61.5 Å². The minimum absolute atomic E-state index is 0.00874. The van der Waals surface area contributed by atoms with Crippen molar-refractivity contribution in [2.45, 2.75) is 50.5 Å². The average molecular weight is 679 g/mol. The topological polar surface area (TPSA) is 113 Å². The summed E-state index contributed by atoms with van der Waals surface area (Å²) >= 11 is 0. The Hall–Kier alpha value is -4.58. The van der Waals surface area contributed by atoms with E-state index < -0.39 is 24.3 Å². The first-order valence-electron chi connectivity index (χ1n) is 17.2. The van der Waals surface area contributed by atoms with Gasteiger partial charge in [0.15, 0.2) is 6.29 Å². The Morgan fingerprint density at radius 1 is 0.780 bits per heavy atom. The number of hydrogen-bond donors (Lipinski definition) is 3. The third kappa shape index (κ3) is 9.77. The number of benzene rings is 4. The van der Waals surface area contributed by atoms with E-state index in [1.165, 1.54) is 12.7 Å². The van der Waals surface area contributed by atoms with Gasteiger partial charge in [-0.15, -0.1) is 0 Å². The van der Waals surface area contributed by atoms with Gasteiger partial charge in [-0.3, -0.25) is 9.80 Å². The van der Waals surface area contributed by atoms with E-state index in [2.05, 4.69) is 50.8 Å². The maximum atomic E-state index is 12.9. The number of nitrogens with one attached hydrogen (secondary N) is 2. The molecule has 2 saturated heterocycles. The van der Waals surface area contributed by atoms with Gasteiger partial charge >= 0.3 is 12.0 Å². The highest BCUT2D eigenvalue weighted by atomic mass is 16.7. The molecule has 262 valence electrons. The van der Waals surface area contributed by atoms with Crippen molar-refractivity contribution in [1.82, 2.24) is 15.1 Å². The molecule has 2 aliphatic rings. The highest BCUT2D eigenvalue weighted by Crippen LogP contribution is 2.38. The van der Waals surface area contributed by atoms with E-state index in [9.17, 15) is 14.7 Å². The van der Waals surface area contributed by atoms with E-state index in [0.29, 0.717) is 18.5 Å². The molecule has 4 aromatic rings. The lowest BCUT2D eigenvalue weighted by atomic mass is 9.99. The number of amides is 2. The van der Waals surface area contributed by atoms with Crippen LogP contribution in [0.4, 0.5) is 10.5 Å². The van der Waals surface area contributed by atoms with Gasteiger partial charge in [-0.1, -0.05) is 97.1 Å². The molecule has 10 nitrogen and oxygen atoms in total. The summed E-state index contributed by atoms with van der Waals surface area (Å²) in [6.07, 6.45) is 0.177. The second kappa shape index (κ2) is 17.4. The van der Waals surface area contributed by atoms with Crippen LogP contribution in [-0.4, -0.2) is 78.9 Å². The van der Waals surface area contributed by atoms with Crippen molar-refractivity contribution in [2.75, 3.05) is 45.2 Å². The van der Waals surface area contributed by atoms with Crippen molar-refractivity contribution in [3.05, 3.63) is 137 Å². The molecule has 4 atom stereocenters. The predicted molar refractivity (Wildman–Crippen MR) is 191 cm³/mol. The number of urea groups is 1. The highest BCUT2D eigenvalue weighted by molar-refractivity contribution is 5.92. The number of hydrogen-bond acceptors (Lipinski definition) is 8. The van der Waals surface area contributed by atoms with Crippen molar-refractivity contribution in [1.29, 1.82) is 0 Å². The number of aliphatic hydroxyl groups is 1. The second-order valence-corrected chi connectivity index (χ2v) is 12.9. The largest absolute Gasteiger partial charge is 0.467 e. The van der Waals surface area contributed by atoms with E-state index in [1.54, 1.807) is 12.1 Å². The lowest BCUT2D eigenvalue weighted by molar-refractivity contribution is -0.253. The molecule has 0 spiro atoms. The van der Waals surface area contributed by atoms with Crippen molar-refractivity contribution in [3.63, 3.8) is 0 Å². The lowest BCUT2D eigenvalue weighted by Gasteiger charge is -2.40. The van der Waals surface area contributed by atoms with E-state index in [-0.39, 0.29) is 18.8 Å². The summed E-state index contributed by atoms with van der Waals surface area (Å²) in [5, 5.41) is 15.1. The molecule has 50 heavy (non-hydrogen) atoms. The zero-order valence-corrected chi connectivity index (χ0v) is 28.4. The van der Waals surface area contributed by atoms with Gasteiger partial charge in [0.2, 0.25) is 0 Å². The van der Waals surface area contributed by atoms with Crippen molar-refractivity contribution >= 4 is 17.7 Å². The predicted octanol–water partition coefficient (Wildman–Crippen LogP) is 5.45. The van der Waals surface area contributed by atoms with Crippen LogP contribution in [-0.2, 0) is 38.6 Å². The minimum atomic E-state index is -0.835. The van der Waals surface area contributed by atoms with E-state index in [1.807, 2.05) is 66.7 Å². The Kier molecular flexibility index (Phi) is 12.3. The number of anilines is 1. The fraction of sp³-hybridized carbons (Fsp3) is 0.350. The van der Waals surface area contributed by atoms with Gasteiger partial charge in [0.25, 0.3) is 0 Å². The molecular formula is C40H46N4O6. The zero-order valence-electron chi connectivity index (χ0n) is 28.4.